The number of nitrogens with one attached hydrogen (secondary N) is 1. The molecule has 0 bridgehead atoms. The molecule has 0 aliphatic heterocycles. The second kappa shape index (κ2) is 5.53. The van der Waals surface area contributed by atoms with E-state index in [0.29, 0.717) is 6.54 Å². The number of aromatic nitrogens is 2. The minimum absolute atomic E-state index is 0.213. The zero-order valence-corrected chi connectivity index (χ0v) is 11.9. The number of nitrogens with zero attached hydrogens (tertiary/aromatic N) is 2. The van der Waals surface area contributed by atoms with E-state index in [2.05, 4.69) is 17.3 Å². The first-order valence-electron chi connectivity index (χ1n) is 6.57. The minimum Gasteiger partial charge on any atom is -0.313 e. The second-order valence-corrected chi connectivity index (χ2v) is 4.76. The molecule has 0 fully saturated rings. The lowest BCUT2D eigenvalue weighted by molar-refractivity contribution is 0.619. The molecule has 0 saturated carbocycles. The number of rotatable bonds is 4. The van der Waals surface area contributed by atoms with Gasteiger partial charge in [0.25, 0.3) is 0 Å². The molecule has 1 N–H and O–H groups in total. The van der Waals surface area contributed by atoms with Crippen LogP contribution in [0.15, 0.2) is 18.2 Å². The van der Waals surface area contributed by atoms with Crippen molar-refractivity contribution >= 4 is 0 Å². The van der Waals surface area contributed by atoms with Crippen molar-refractivity contribution in [1.82, 2.24) is 15.1 Å². The Hall–Kier alpha value is -1.68. The van der Waals surface area contributed by atoms with Crippen LogP contribution in [0.1, 0.15) is 29.4 Å². The molecule has 3 nitrogen and oxygen atoms in total. The van der Waals surface area contributed by atoms with E-state index >= 15 is 0 Å². The van der Waals surface area contributed by atoms with E-state index in [1.54, 1.807) is 12.1 Å². The van der Waals surface area contributed by atoms with Gasteiger partial charge in [0, 0.05) is 12.2 Å². The van der Waals surface area contributed by atoms with Crippen LogP contribution in [0, 0.1) is 26.6 Å². The molecule has 0 spiro atoms. The Morgan fingerprint density at radius 3 is 2.58 bits per heavy atom. The van der Waals surface area contributed by atoms with Gasteiger partial charge in [0.05, 0.1) is 11.4 Å². The first kappa shape index (κ1) is 13.7. The average molecular weight is 261 g/mol. The van der Waals surface area contributed by atoms with Gasteiger partial charge in [-0.3, -0.25) is 0 Å². The maximum absolute atomic E-state index is 13.4. The molecule has 0 radical (unpaired) electrons. The van der Waals surface area contributed by atoms with E-state index in [1.807, 2.05) is 25.5 Å². The quantitative estimate of drug-likeness (QED) is 0.916. The van der Waals surface area contributed by atoms with E-state index in [9.17, 15) is 4.39 Å². The van der Waals surface area contributed by atoms with E-state index < -0.39 is 0 Å². The van der Waals surface area contributed by atoms with Crippen molar-refractivity contribution in [3.05, 3.63) is 46.5 Å². The molecule has 0 unspecified atom stereocenters. The number of halogens is 1. The van der Waals surface area contributed by atoms with Crippen molar-refractivity contribution in [1.29, 1.82) is 0 Å². The fraction of sp³-hybridized carbons (Fsp3) is 0.400. The monoisotopic (exact) mass is 261 g/mol. The van der Waals surface area contributed by atoms with Crippen molar-refractivity contribution in [2.45, 2.75) is 34.2 Å². The molecule has 4 heteroatoms. The highest BCUT2D eigenvalue weighted by atomic mass is 19.1. The summed E-state index contributed by atoms with van der Waals surface area (Å²) < 4.78 is 15.3. The molecule has 0 atom stereocenters. The molecule has 2 rings (SSSR count). The SMILES string of the molecule is CCNCc1cc(F)ccc1-n1nc(C)c(C)c1C. The van der Waals surface area contributed by atoms with Gasteiger partial charge in [0.2, 0.25) is 0 Å². The lowest BCUT2D eigenvalue weighted by Crippen LogP contribution is -2.15. The maximum Gasteiger partial charge on any atom is 0.123 e. The Labute approximate surface area is 113 Å². The van der Waals surface area contributed by atoms with Crippen LogP contribution in [0.2, 0.25) is 0 Å². The number of benzene rings is 1. The predicted octanol–water partition coefficient (Wildman–Crippen LogP) is 3.05. The summed E-state index contributed by atoms with van der Waals surface area (Å²) in [5.74, 6) is -0.213. The van der Waals surface area contributed by atoms with Gasteiger partial charge in [-0.15, -0.1) is 0 Å². The summed E-state index contributed by atoms with van der Waals surface area (Å²) in [7, 11) is 0. The van der Waals surface area contributed by atoms with Crippen molar-refractivity contribution in [2.75, 3.05) is 6.54 Å². The average Bonchev–Trinajstić information content (AvgIpc) is 2.64. The minimum atomic E-state index is -0.213. The van der Waals surface area contributed by atoms with Gasteiger partial charge in [-0.25, -0.2) is 9.07 Å². The number of hydrogen-bond acceptors (Lipinski definition) is 2. The molecule has 0 saturated heterocycles. The second-order valence-electron chi connectivity index (χ2n) is 4.76. The topological polar surface area (TPSA) is 29.9 Å². The van der Waals surface area contributed by atoms with Crippen LogP contribution in [-0.2, 0) is 6.54 Å². The lowest BCUT2D eigenvalue weighted by Gasteiger charge is -2.12. The van der Waals surface area contributed by atoms with Gasteiger partial charge in [-0.05, 0) is 56.6 Å². The summed E-state index contributed by atoms with van der Waals surface area (Å²) >= 11 is 0. The normalized spacial score (nSPS) is 11.0. The first-order valence-corrected chi connectivity index (χ1v) is 6.57. The standard InChI is InChI=1S/C15H20FN3/c1-5-17-9-13-8-14(16)6-7-15(13)19-12(4)10(2)11(3)18-19/h6-8,17H,5,9H2,1-4H3. The highest BCUT2D eigenvalue weighted by molar-refractivity contribution is 5.43. The van der Waals surface area contributed by atoms with Crippen molar-refractivity contribution in [3.8, 4) is 5.69 Å². The first-order chi connectivity index (χ1) is 9.04. The molecule has 2 aromatic rings. The van der Waals surface area contributed by atoms with Crippen LogP contribution in [0.4, 0.5) is 4.39 Å². The van der Waals surface area contributed by atoms with Crippen LogP contribution in [0.5, 0.6) is 0 Å². The summed E-state index contributed by atoms with van der Waals surface area (Å²) in [6.45, 7) is 9.61. The van der Waals surface area contributed by atoms with Crippen LogP contribution in [0.25, 0.3) is 5.69 Å². The Morgan fingerprint density at radius 1 is 1.26 bits per heavy atom. The molecule has 0 aliphatic carbocycles. The molecule has 0 aliphatic rings. The summed E-state index contributed by atoms with van der Waals surface area (Å²) in [4.78, 5) is 0. The summed E-state index contributed by atoms with van der Waals surface area (Å²) in [6, 6.07) is 4.85. The van der Waals surface area contributed by atoms with E-state index in [0.717, 1.165) is 29.2 Å². The zero-order valence-electron chi connectivity index (χ0n) is 11.9. The highest BCUT2D eigenvalue weighted by Crippen LogP contribution is 2.21. The van der Waals surface area contributed by atoms with Crippen molar-refractivity contribution < 1.29 is 4.39 Å². The molecule has 19 heavy (non-hydrogen) atoms. The van der Waals surface area contributed by atoms with Gasteiger partial charge in [-0.2, -0.15) is 5.10 Å². The number of aryl methyl sites for hydroxylation is 1. The number of hydrogen-bond donors (Lipinski definition) is 1. The van der Waals surface area contributed by atoms with Gasteiger partial charge in [0.15, 0.2) is 0 Å². The molecule has 0 amide bonds. The molecular formula is C15H20FN3. The summed E-state index contributed by atoms with van der Waals surface area (Å²) in [6.07, 6.45) is 0. The van der Waals surface area contributed by atoms with E-state index in [4.69, 9.17) is 0 Å². The van der Waals surface area contributed by atoms with E-state index in [1.165, 1.54) is 11.6 Å². The van der Waals surface area contributed by atoms with Gasteiger partial charge >= 0.3 is 0 Å². The third kappa shape index (κ3) is 2.68. The Bertz CT molecular complexity index is 587. The van der Waals surface area contributed by atoms with Crippen LogP contribution in [0.3, 0.4) is 0 Å². The summed E-state index contributed by atoms with van der Waals surface area (Å²) in [5.41, 5.74) is 5.15. The van der Waals surface area contributed by atoms with E-state index in [-0.39, 0.29) is 5.82 Å². The van der Waals surface area contributed by atoms with Crippen LogP contribution in [-0.4, -0.2) is 16.3 Å². The van der Waals surface area contributed by atoms with Crippen LogP contribution >= 0.6 is 0 Å². The fourth-order valence-electron chi connectivity index (χ4n) is 2.12. The van der Waals surface area contributed by atoms with Gasteiger partial charge < -0.3 is 5.32 Å². The largest absolute Gasteiger partial charge is 0.313 e. The Kier molecular flexibility index (Phi) is 4.00. The Morgan fingerprint density at radius 2 is 2.00 bits per heavy atom. The van der Waals surface area contributed by atoms with Crippen LogP contribution < -0.4 is 5.32 Å². The molecule has 1 heterocycles. The molecule has 1 aromatic carbocycles. The predicted molar refractivity (Wildman–Crippen MR) is 75.1 cm³/mol. The highest BCUT2D eigenvalue weighted by Gasteiger charge is 2.12. The molecule has 102 valence electrons. The van der Waals surface area contributed by atoms with Gasteiger partial charge in [0.1, 0.15) is 5.82 Å². The third-order valence-electron chi connectivity index (χ3n) is 3.49. The fourth-order valence-corrected chi connectivity index (χ4v) is 2.12. The van der Waals surface area contributed by atoms with Crippen molar-refractivity contribution in [2.24, 2.45) is 0 Å². The smallest absolute Gasteiger partial charge is 0.123 e. The molecular weight excluding hydrogens is 241 g/mol. The summed E-state index contributed by atoms with van der Waals surface area (Å²) in [5, 5.41) is 7.78. The Balaban J connectivity index is 2.51. The lowest BCUT2D eigenvalue weighted by atomic mass is 10.1. The third-order valence-corrected chi connectivity index (χ3v) is 3.49. The molecule has 1 aromatic heterocycles. The maximum atomic E-state index is 13.4. The zero-order chi connectivity index (χ0) is 14.0. The van der Waals surface area contributed by atoms with Gasteiger partial charge in [-0.1, -0.05) is 6.92 Å². The van der Waals surface area contributed by atoms with Crippen molar-refractivity contribution in [3.63, 3.8) is 0 Å².